The van der Waals surface area contributed by atoms with Crippen molar-refractivity contribution in [1.82, 2.24) is 0 Å². The molecular formula is C20H20N4O2. The van der Waals surface area contributed by atoms with Crippen molar-refractivity contribution in [3.05, 3.63) is 54.1 Å². The van der Waals surface area contributed by atoms with Gasteiger partial charge in [-0.1, -0.05) is 6.07 Å². The summed E-state index contributed by atoms with van der Waals surface area (Å²) in [5, 5.41) is 13.9. The highest BCUT2D eigenvalue weighted by atomic mass is 16.2. The largest absolute Gasteiger partial charge is 0.372 e. The Morgan fingerprint density at radius 1 is 0.885 bits per heavy atom. The number of carbonyl (C=O) groups excluding carboxylic acids is 2. The van der Waals surface area contributed by atoms with Gasteiger partial charge in [0.1, 0.15) is 0 Å². The highest BCUT2D eigenvalue weighted by Gasteiger charge is 2.15. The molecule has 26 heavy (non-hydrogen) atoms. The van der Waals surface area contributed by atoms with Crippen LogP contribution in [0.4, 0.5) is 17.1 Å². The fourth-order valence-corrected chi connectivity index (χ4v) is 2.95. The third kappa shape index (κ3) is 4.39. The number of hydrogen-bond donors (Lipinski definition) is 2. The molecule has 0 spiro atoms. The fourth-order valence-electron chi connectivity index (χ4n) is 2.95. The van der Waals surface area contributed by atoms with Gasteiger partial charge in [0, 0.05) is 30.2 Å². The molecule has 0 aromatic heterocycles. The first-order valence-electron chi connectivity index (χ1n) is 8.63. The number of nitrogens with one attached hydrogen (secondary N) is 2. The molecule has 0 aliphatic carbocycles. The van der Waals surface area contributed by atoms with Gasteiger partial charge in [0.25, 0.3) is 0 Å². The summed E-state index contributed by atoms with van der Waals surface area (Å²) >= 11 is 0. The standard InChI is InChI=1S/C20H20N4O2/c21-14-15-5-4-6-17(13-15)23-20(26)19(25)22-16-7-9-18(10-8-16)24-11-2-1-3-12-24/h4-10,13H,1-3,11-12H2,(H,22,25)(H,23,26). The number of hydrogen-bond acceptors (Lipinski definition) is 4. The van der Waals surface area contributed by atoms with Gasteiger partial charge in [0.2, 0.25) is 0 Å². The molecule has 1 aliphatic heterocycles. The zero-order chi connectivity index (χ0) is 18.4. The fraction of sp³-hybridized carbons (Fsp3) is 0.250. The second-order valence-electron chi connectivity index (χ2n) is 6.20. The van der Waals surface area contributed by atoms with Gasteiger partial charge >= 0.3 is 11.8 Å². The summed E-state index contributed by atoms with van der Waals surface area (Å²) in [6.07, 6.45) is 3.67. The number of piperidine rings is 1. The minimum atomic E-state index is -0.778. The number of anilines is 3. The van der Waals surface area contributed by atoms with Crippen LogP contribution in [0.25, 0.3) is 0 Å². The number of rotatable bonds is 3. The Morgan fingerprint density at radius 2 is 1.54 bits per heavy atom. The average Bonchev–Trinajstić information content (AvgIpc) is 2.69. The van der Waals surface area contributed by atoms with Crippen LogP contribution in [0.1, 0.15) is 24.8 Å². The van der Waals surface area contributed by atoms with Crippen molar-refractivity contribution < 1.29 is 9.59 Å². The Labute approximate surface area is 152 Å². The molecule has 1 aliphatic rings. The molecule has 0 unspecified atom stereocenters. The maximum absolute atomic E-state index is 12.1. The summed E-state index contributed by atoms with van der Waals surface area (Å²) in [5.41, 5.74) is 2.51. The van der Waals surface area contributed by atoms with Gasteiger partial charge in [-0.05, 0) is 61.7 Å². The van der Waals surface area contributed by atoms with Crippen molar-refractivity contribution in [2.24, 2.45) is 0 Å². The van der Waals surface area contributed by atoms with Crippen molar-refractivity contribution in [2.45, 2.75) is 19.3 Å². The molecule has 1 heterocycles. The quantitative estimate of drug-likeness (QED) is 0.835. The Hall–Kier alpha value is -3.33. The normalized spacial score (nSPS) is 13.6. The zero-order valence-electron chi connectivity index (χ0n) is 14.4. The molecule has 2 N–H and O–H groups in total. The summed E-state index contributed by atoms with van der Waals surface area (Å²) in [6, 6.07) is 15.9. The molecule has 132 valence electrons. The lowest BCUT2D eigenvalue weighted by Gasteiger charge is -2.28. The van der Waals surface area contributed by atoms with Crippen LogP contribution in [0.5, 0.6) is 0 Å². The van der Waals surface area contributed by atoms with E-state index >= 15 is 0 Å². The van der Waals surface area contributed by atoms with Gasteiger partial charge in [-0.25, -0.2) is 0 Å². The van der Waals surface area contributed by atoms with Gasteiger partial charge in [0.05, 0.1) is 11.6 Å². The molecule has 6 heteroatoms. The van der Waals surface area contributed by atoms with E-state index in [9.17, 15) is 9.59 Å². The topological polar surface area (TPSA) is 85.2 Å². The first-order chi connectivity index (χ1) is 12.7. The molecule has 2 aromatic rings. The Bertz CT molecular complexity index is 834. The average molecular weight is 348 g/mol. The van der Waals surface area contributed by atoms with E-state index in [0.29, 0.717) is 16.9 Å². The second-order valence-corrected chi connectivity index (χ2v) is 6.20. The van der Waals surface area contributed by atoms with Crippen LogP contribution in [0.15, 0.2) is 48.5 Å². The molecule has 2 aromatic carbocycles. The van der Waals surface area contributed by atoms with Crippen molar-refractivity contribution in [1.29, 1.82) is 5.26 Å². The van der Waals surface area contributed by atoms with Crippen LogP contribution in [0.2, 0.25) is 0 Å². The molecule has 3 rings (SSSR count). The minimum absolute atomic E-state index is 0.407. The number of nitrogens with zero attached hydrogens (tertiary/aromatic N) is 2. The highest BCUT2D eigenvalue weighted by Crippen LogP contribution is 2.21. The zero-order valence-corrected chi connectivity index (χ0v) is 14.4. The van der Waals surface area contributed by atoms with E-state index in [1.165, 1.54) is 25.3 Å². The predicted octanol–water partition coefficient (Wildman–Crippen LogP) is 3.13. The minimum Gasteiger partial charge on any atom is -0.372 e. The van der Waals surface area contributed by atoms with Crippen LogP contribution < -0.4 is 15.5 Å². The third-order valence-electron chi connectivity index (χ3n) is 4.30. The Kier molecular flexibility index (Phi) is 5.49. The van der Waals surface area contributed by atoms with E-state index in [2.05, 4.69) is 15.5 Å². The van der Waals surface area contributed by atoms with Crippen molar-refractivity contribution in [3.8, 4) is 6.07 Å². The first-order valence-corrected chi connectivity index (χ1v) is 8.63. The van der Waals surface area contributed by atoms with Crippen LogP contribution in [0.3, 0.4) is 0 Å². The Morgan fingerprint density at radius 3 is 2.19 bits per heavy atom. The Balaban J connectivity index is 1.58. The molecule has 0 atom stereocenters. The van der Waals surface area contributed by atoms with Gasteiger partial charge in [-0.2, -0.15) is 5.26 Å². The molecule has 1 fully saturated rings. The molecule has 0 saturated carbocycles. The van der Waals surface area contributed by atoms with Crippen LogP contribution >= 0.6 is 0 Å². The van der Waals surface area contributed by atoms with E-state index in [1.807, 2.05) is 18.2 Å². The van der Waals surface area contributed by atoms with E-state index in [4.69, 9.17) is 5.26 Å². The molecule has 0 radical (unpaired) electrons. The lowest BCUT2D eigenvalue weighted by molar-refractivity contribution is -0.132. The summed E-state index contributed by atoms with van der Waals surface area (Å²) in [5.74, 6) is -1.53. The maximum atomic E-state index is 12.1. The number of benzene rings is 2. The van der Waals surface area contributed by atoms with Crippen molar-refractivity contribution >= 4 is 28.9 Å². The van der Waals surface area contributed by atoms with E-state index < -0.39 is 11.8 Å². The molecule has 1 saturated heterocycles. The monoisotopic (exact) mass is 348 g/mol. The second kappa shape index (κ2) is 8.17. The summed E-state index contributed by atoms with van der Waals surface area (Å²) < 4.78 is 0. The van der Waals surface area contributed by atoms with Crippen LogP contribution in [-0.2, 0) is 9.59 Å². The summed E-state index contributed by atoms with van der Waals surface area (Å²) in [7, 11) is 0. The predicted molar refractivity (Wildman–Crippen MR) is 101 cm³/mol. The number of carbonyl (C=O) groups is 2. The first kappa shape index (κ1) is 17.5. The smallest absolute Gasteiger partial charge is 0.314 e. The molecular weight excluding hydrogens is 328 g/mol. The molecule has 6 nitrogen and oxygen atoms in total. The van der Waals surface area contributed by atoms with Gasteiger partial charge in [0.15, 0.2) is 0 Å². The maximum Gasteiger partial charge on any atom is 0.314 e. The molecule has 2 amide bonds. The number of nitriles is 1. The van der Waals surface area contributed by atoms with Crippen molar-refractivity contribution in [3.63, 3.8) is 0 Å². The van der Waals surface area contributed by atoms with Crippen LogP contribution in [0, 0.1) is 11.3 Å². The number of amides is 2. The van der Waals surface area contributed by atoms with E-state index in [0.717, 1.165) is 18.8 Å². The third-order valence-corrected chi connectivity index (χ3v) is 4.30. The lowest BCUT2D eigenvalue weighted by Crippen LogP contribution is -2.30. The summed E-state index contributed by atoms with van der Waals surface area (Å²) in [4.78, 5) is 26.4. The van der Waals surface area contributed by atoms with Gasteiger partial charge in [-0.3, -0.25) is 9.59 Å². The van der Waals surface area contributed by atoms with Crippen LogP contribution in [-0.4, -0.2) is 24.9 Å². The van der Waals surface area contributed by atoms with Gasteiger partial charge in [-0.15, -0.1) is 0 Å². The SMILES string of the molecule is N#Cc1cccc(NC(=O)C(=O)Nc2ccc(N3CCCCC3)cc2)c1. The summed E-state index contributed by atoms with van der Waals surface area (Å²) in [6.45, 7) is 2.10. The van der Waals surface area contributed by atoms with E-state index in [-0.39, 0.29) is 0 Å². The van der Waals surface area contributed by atoms with Gasteiger partial charge < -0.3 is 15.5 Å². The highest BCUT2D eigenvalue weighted by molar-refractivity contribution is 6.43. The molecule has 0 bridgehead atoms. The van der Waals surface area contributed by atoms with E-state index in [1.54, 1.807) is 30.3 Å². The van der Waals surface area contributed by atoms with Crippen molar-refractivity contribution in [2.75, 3.05) is 28.6 Å². The lowest BCUT2D eigenvalue weighted by atomic mass is 10.1.